The maximum Gasteiger partial charge on any atom is 0.241 e. The van der Waals surface area contributed by atoms with Crippen molar-refractivity contribution in [1.29, 1.82) is 0 Å². The zero-order valence-corrected chi connectivity index (χ0v) is 15.4. The van der Waals surface area contributed by atoms with Gasteiger partial charge in [-0.2, -0.15) is 0 Å². The first-order valence-corrected chi connectivity index (χ1v) is 8.04. The lowest BCUT2D eigenvalue weighted by Crippen LogP contribution is -2.44. The molecule has 7 nitrogen and oxygen atoms in total. The molecule has 3 rings (SSSR count). The van der Waals surface area contributed by atoms with E-state index < -0.39 is 6.04 Å². The van der Waals surface area contributed by atoms with Crippen molar-refractivity contribution < 1.29 is 14.3 Å². The summed E-state index contributed by atoms with van der Waals surface area (Å²) in [5.74, 6) is 0.570. The van der Waals surface area contributed by atoms with Crippen LogP contribution in [0.1, 0.15) is 25.7 Å². The van der Waals surface area contributed by atoms with Crippen molar-refractivity contribution >= 4 is 48.1 Å². The highest BCUT2D eigenvalue weighted by Crippen LogP contribution is 2.30. The molecular weight excluding hydrogens is 367 g/mol. The molecule has 0 aromatic carbocycles. The Morgan fingerprint density at radius 2 is 1.80 bits per heavy atom. The monoisotopic (exact) mass is 390 g/mol. The van der Waals surface area contributed by atoms with E-state index in [4.69, 9.17) is 10.5 Å². The summed E-state index contributed by atoms with van der Waals surface area (Å²) in [6.45, 7) is 1.31. The summed E-state index contributed by atoms with van der Waals surface area (Å²) in [4.78, 5) is 28.0. The number of halogens is 2. The largest absolute Gasteiger partial charge is 0.381 e. The number of carbonyl (C=O) groups is 2. The van der Waals surface area contributed by atoms with Crippen LogP contribution in [0.2, 0.25) is 0 Å². The smallest absolute Gasteiger partial charge is 0.241 e. The second-order valence-electron chi connectivity index (χ2n) is 6.16. The third kappa shape index (κ3) is 6.11. The highest BCUT2D eigenvalue weighted by molar-refractivity contribution is 5.95. The maximum atomic E-state index is 12.2. The van der Waals surface area contributed by atoms with Gasteiger partial charge in [0.05, 0.1) is 17.9 Å². The van der Waals surface area contributed by atoms with E-state index in [1.165, 1.54) is 6.20 Å². The standard InChI is InChI=1S/C16H22N4O3.2ClH/c17-14(10-5-7-23-8-6-10)16(22)19-12-3-4-13(18-9-12)20-15(21)11-1-2-11;;/h3-4,9-11,14H,1-2,5-8,17H2,(H,19,22)(H,18,20,21);2*1H. The van der Waals surface area contributed by atoms with Gasteiger partial charge in [0.25, 0.3) is 0 Å². The molecule has 2 heterocycles. The molecule has 1 aromatic rings. The Hall–Kier alpha value is -1.41. The van der Waals surface area contributed by atoms with Crippen LogP contribution in [0.15, 0.2) is 18.3 Å². The molecule has 9 heteroatoms. The van der Waals surface area contributed by atoms with E-state index in [9.17, 15) is 9.59 Å². The number of amides is 2. The molecule has 1 unspecified atom stereocenters. The predicted octanol–water partition coefficient (Wildman–Crippen LogP) is 1.97. The van der Waals surface area contributed by atoms with Gasteiger partial charge in [0, 0.05) is 19.1 Å². The highest BCUT2D eigenvalue weighted by atomic mass is 35.5. The Labute approximate surface area is 159 Å². The van der Waals surface area contributed by atoms with E-state index >= 15 is 0 Å². The van der Waals surface area contributed by atoms with Crippen LogP contribution < -0.4 is 16.4 Å². The quantitative estimate of drug-likeness (QED) is 0.712. The van der Waals surface area contributed by atoms with Gasteiger partial charge in [0.15, 0.2) is 0 Å². The fourth-order valence-corrected chi connectivity index (χ4v) is 2.63. The van der Waals surface area contributed by atoms with Crippen LogP contribution in [0.25, 0.3) is 0 Å². The Balaban J connectivity index is 0.00000156. The van der Waals surface area contributed by atoms with Crippen LogP contribution in [-0.4, -0.2) is 36.1 Å². The van der Waals surface area contributed by atoms with Gasteiger partial charge in [0.1, 0.15) is 5.82 Å². The lowest BCUT2D eigenvalue weighted by Gasteiger charge is -2.26. The van der Waals surface area contributed by atoms with Crippen LogP contribution in [0, 0.1) is 11.8 Å². The number of ether oxygens (including phenoxy) is 1. The molecule has 0 bridgehead atoms. The van der Waals surface area contributed by atoms with Crippen molar-refractivity contribution in [2.24, 2.45) is 17.6 Å². The van der Waals surface area contributed by atoms with Crippen LogP contribution in [-0.2, 0) is 14.3 Å². The summed E-state index contributed by atoms with van der Waals surface area (Å²) < 4.78 is 5.28. The van der Waals surface area contributed by atoms with Gasteiger partial charge in [-0.1, -0.05) is 0 Å². The van der Waals surface area contributed by atoms with Gasteiger partial charge in [-0.15, -0.1) is 24.8 Å². The summed E-state index contributed by atoms with van der Waals surface area (Å²) in [6.07, 6.45) is 5.03. The molecule has 4 N–H and O–H groups in total. The van der Waals surface area contributed by atoms with Crippen molar-refractivity contribution in [3.63, 3.8) is 0 Å². The number of anilines is 2. The molecule has 1 aliphatic carbocycles. The second kappa shape index (κ2) is 9.91. The van der Waals surface area contributed by atoms with Crippen molar-refractivity contribution in [2.45, 2.75) is 31.7 Å². The summed E-state index contributed by atoms with van der Waals surface area (Å²) in [5, 5.41) is 5.53. The predicted molar refractivity (Wildman–Crippen MR) is 100 cm³/mol. The molecule has 1 saturated carbocycles. The Morgan fingerprint density at radius 3 is 2.36 bits per heavy atom. The van der Waals surface area contributed by atoms with Crippen molar-refractivity contribution in [3.05, 3.63) is 18.3 Å². The minimum Gasteiger partial charge on any atom is -0.381 e. The third-order valence-corrected chi connectivity index (χ3v) is 4.31. The molecular formula is C16H24Cl2N4O3. The minimum atomic E-state index is -0.548. The zero-order chi connectivity index (χ0) is 16.2. The topological polar surface area (TPSA) is 106 Å². The van der Waals surface area contributed by atoms with E-state index in [-0.39, 0.29) is 48.5 Å². The van der Waals surface area contributed by atoms with Crippen molar-refractivity contribution in [2.75, 3.05) is 23.8 Å². The van der Waals surface area contributed by atoms with Crippen molar-refractivity contribution in [1.82, 2.24) is 4.98 Å². The van der Waals surface area contributed by atoms with Gasteiger partial charge in [-0.05, 0) is 43.7 Å². The maximum absolute atomic E-state index is 12.2. The molecule has 1 aliphatic heterocycles. The first-order chi connectivity index (χ1) is 11.1. The molecule has 1 atom stereocenters. The van der Waals surface area contributed by atoms with Gasteiger partial charge < -0.3 is 21.1 Å². The first kappa shape index (κ1) is 21.6. The summed E-state index contributed by atoms with van der Waals surface area (Å²) in [7, 11) is 0. The molecule has 0 spiro atoms. The Morgan fingerprint density at radius 1 is 1.12 bits per heavy atom. The number of nitrogens with one attached hydrogen (secondary N) is 2. The number of hydrogen-bond donors (Lipinski definition) is 3. The lowest BCUT2D eigenvalue weighted by molar-refractivity contribution is -0.119. The van der Waals surface area contributed by atoms with Crippen LogP contribution in [0.3, 0.4) is 0 Å². The van der Waals surface area contributed by atoms with E-state index in [1.807, 2.05) is 0 Å². The highest BCUT2D eigenvalue weighted by Gasteiger charge is 2.30. The van der Waals surface area contributed by atoms with E-state index in [0.29, 0.717) is 24.7 Å². The fourth-order valence-electron chi connectivity index (χ4n) is 2.63. The zero-order valence-electron chi connectivity index (χ0n) is 13.8. The lowest BCUT2D eigenvalue weighted by atomic mass is 9.92. The van der Waals surface area contributed by atoms with Crippen LogP contribution >= 0.6 is 24.8 Å². The van der Waals surface area contributed by atoms with E-state index in [1.54, 1.807) is 12.1 Å². The van der Waals surface area contributed by atoms with Gasteiger partial charge >= 0.3 is 0 Å². The third-order valence-electron chi connectivity index (χ3n) is 4.31. The Bertz CT molecular complexity index is 575. The molecule has 140 valence electrons. The second-order valence-corrected chi connectivity index (χ2v) is 6.16. The number of nitrogens with zero attached hydrogens (tertiary/aromatic N) is 1. The first-order valence-electron chi connectivity index (χ1n) is 8.04. The molecule has 1 saturated heterocycles. The van der Waals surface area contributed by atoms with Crippen LogP contribution in [0.5, 0.6) is 0 Å². The van der Waals surface area contributed by atoms with Gasteiger partial charge in [-0.25, -0.2) is 4.98 Å². The number of nitrogens with two attached hydrogens (primary N) is 1. The van der Waals surface area contributed by atoms with Crippen molar-refractivity contribution in [3.8, 4) is 0 Å². The number of pyridine rings is 1. The van der Waals surface area contributed by atoms with Crippen LogP contribution in [0.4, 0.5) is 11.5 Å². The molecule has 2 fully saturated rings. The summed E-state index contributed by atoms with van der Waals surface area (Å²) in [5.41, 5.74) is 6.60. The number of hydrogen-bond acceptors (Lipinski definition) is 5. The summed E-state index contributed by atoms with van der Waals surface area (Å²) >= 11 is 0. The Kier molecular flexibility index (Phi) is 8.58. The average Bonchev–Trinajstić information content (AvgIpc) is 3.42. The molecule has 2 amide bonds. The normalized spacial score (nSPS) is 18.3. The van der Waals surface area contributed by atoms with E-state index in [2.05, 4.69) is 15.6 Å². The van der Waals surface area contributed by atoms with Gasteiger partial charge in [-0.3, -0.25) is 9.59 Å². The minimum absolute atomic E-state index is 0. The number of carbonyl (C=O) groups excluding carboxylic acids is 2. The SMILES string of the molecule is Cl.Cl.NC(C(=O)Nc1ccc(NC(=O)C2CC2)nc1)C1CCOCC1. The van der Waals surface area contributed by atoms with E-state index in [0.717, 1.165) is 25.7 Å². The molecule has 1 aromatic heterocycles. The summed E-state index contributed by atoms with van der Waals surface area (Å²) in [6, 6.07) is 2.84. The van der Waals surface area contributed by atoms with Gasteiger partial charge in [0.2, 0.25) is 11.8 Å². The molecule has 2 aliphatic rings. The number of aromatic nitrogens is 1. The number of rotatable bonds is 5. The fraction of sp³-hybridized carbons (Fsp3) is 0.562. The molecule has 25 heavy (non-hydrogen) atoms. The molecule has 0 radical (unpaired) electrons. The average molecular weight is 391 g/mol.